The van der Waals surface area contributed by atoms with Crippen LogP contribution in [0.25, 0.3) is 10.6 Å². The summed E-state index contributed by atoms with van der Waals surface area (Å²) in [6, 6.07) is 7.11. The van der Waals surface area contributed by atoms with Crippen molar-refractivity contribution in [3.8, 4) is 16.3 Å². The van der Waals surface area contributed by atoms with Crippen LogP contribution in [0.1, 0.15) is 32.1 Å². The van der Waals surface area contributed by atoms with Crippen LogP contribution in [-0.2, 0) is 16.1 Å². The van der Waals surface area contributed by atoms with Gasteiger partial charge in [-0.3, -0.25) is 4.79 Å². The first-order valence-corrected chi connectivity index (χ1v) is 10.6. The molecular weight excluding hydrogens is 447 g/mol. The van der Waals surface area contributed by atoms with E-state index in [1.54, 1.807) is 39.1 Å². The van der Waals surface area contributed by atoms with Crippen molar-refractivity contribution in [1.29, 1.82) is 0 Å². The largest absolute Gasteiger partial charge is 0.494 e. The van der Waals surface area contributed by atoms with E-state index >= 15 is 0 Å². The average molecular weight is 474 g/mol. The molecule has 11 heteroatoms. The van der Waals surface area contributed by atoms with Crippen LogP contribution < -0.4 is 10.1 Å². The first-order chi connectivity index (χ1) is 14.8. The summed E-state index contributed by atoms with van der Waals surface area (Å²) in [5.74, 6) is -1.31. The van der Waals surface area contributed by atoms with Crippen LogP contribution >= 0.6 is 11.3 Å². The number of benzene rings is 1. The fraction of sp³-hybridized carbons (Fsp3) is 0.476. The number of ether oxygens (including phenoxy) is 2. The minimum Gasteiger partial charge on any atom is -0.494 e. The Morgan fingerprint density at radius 1 is 1.16 bits per heavy atom. The molecule has 0 unspecified atom stereocenters. The summed E-state index contributed by atoms with van der Waals surface area (Å²) < 4.78 is 47.7. The standard InChI is InChI=1S/C21H26F3N3O4S/c1-20(2,3)31-19(29)26-13-16-12-25-17(32-16)14-6-8-15(9-7-14)30-11-5-10-27(4)18(28)21(22,23)24/h6-9,12H,5,10-11,13H2,1-4H3,(H,26,29). The molecule has 2 rings (SSSR count). The lowest BCUT2D eigenvalue weighted by molar-refractivity contribution is -0.184. The van der Waals surface area contributed by atoms with Crippen molar-refractivity contribution >= 4 is 23.3 Å². The molecule has 0 saturated heterocycles. The van der Waals surface area contributed by atoms with Crippen molar-refractivity contribution < 1.29 is 32.2 Å². The molecule has 1 heterocycles. The quantitative estimate of drug-likeness (QED) is 0.566. The molecule has 0 aliphatic heterocycles. The zero-order valence-electron chi connectivity index (χ0n) is 18.3. The molecule has 0 spiro atoms. The number of rotatable bonds is 8. The van der Waals surface area contributed by atoms with Crippen LogP contribution in [0, 0.1) is 0 Å². The normalized spacial score (nSPS) is 11.7. The van der Waals surface area contributed by atoms with Gasteiger partial charge in [-0.25, -0.2) is 9.78 Å². The Kier molecular flexibility index (Phi) is 8.48. The number of thiazole rings is 1. The highest BCUT2D eigenvalue weighted by atomic mass is 32.1. The van der Waals surface area contributed by atoms with Crippen LogP contribution in [-0.4, -0.2) is 53.9 Å². The van der Waals surface area contributed by atoms with Crippen molar-refractivity contribution in [2.75, 3.05) is 20.2 Å². The highest BCUT2D eigenvalue weighted by Gasteiger charge is 2.40. The van der Waals surface area contributed by atoms with E-state index in [0.717, 1.165) is 22.5 Å². The molecule has 2 amide bonds. The Bertz CT molecular complexity index is 908. The third-order valence-electron chi connectivity index (χ3n) is 3.96. The number of aromatic nitrogens is 1. The first-order valence-electron chi connectivity index (χ1n) is 9.82. The average Bonchev–Trinajstić information content (AvgIpc) is 3.16. The predicted octanol–water partition coefficient (Wildman–Crippen LogP) is 4.62. The Morgan fingerprint density at radius 2 is 1.81 bits per heavy atom. The number of carbonyl (C=O) groups excluding carboxylic acids is 2. The van der Waals surface area contributed by atoms with Crippen molar-refractivity contribution in [2.45, 2.75) is 45.5 Å². The molecular formula is C21H26F3N3O4S. The molecule has 7 nitrogen and oxygen atoms in total. The second-order valence-electron chi connectivity index (χ2n) is 7.94. The first kappa shape index (κ1) is 25.4. The molecule has 0 fully saturated rings. The van der Waals surface area contributed by atoms with Crippen molar-refractivity contribution in [2.24, 2.45) is 0 Å². The van der Waals surface area contributed by atoms with Crippen molar-refractivity contribution in [1.82, 2.24) is 15.2 Å². The summed E-state index contributed by atoms with van der Waals surface area (Å²) >= 11 is 1.43. The van der Waals surface area contributed by atoms with Gasteiger partial charge < -0.3 is 19.7 Å². The van der Waals surface area contributed by atoms with Gasteiger partial charge in [0.15, 0.2) is 0 Å². The number of amides is 2. The molecule has 1 aromatic carbocycles. The number of carbonyl (C=O) groups is 2. The van der Waals surface area contributed by atoms with Gasteiger partial charge in [-0.2, -0.15) is 13.2 Å². The van der Waals surface area contributed by atoms with Gasteiger partial charge >= 0.3 is 18.2 Å². The van der Waals surface area contributed by atoms with Crippen molar-refractivity contribution in [3.05, 3.63) is 35.3 Å². The Morgan fingerprint density at radius 3 is 2.41 bits per heavy atom. The highest BCUT2D eigenvalue weighted by Crippen LogP contribution is 2.27. The molecule has 0 aliphatic carbocycles. The van der Waals surface area contributed by atoms with Gasteiger partial charge in [0, 0.05) is 30.2 Å². The van der Waals surface area contributed by atoms with E-state index in [1.807, 2.05) is 12.1 Å². The third-order valence-corrected chi connectivity index (χ3v) is 5.00. The van der Waals surface area contributed by atoms with Gasteiger partial charge in [0.1, 0.15) is 16.4 Å². The van der Waals surface area contributed by atoms with Crippen LogP contribution in [0.4, 0.5) is 18.0 Å². The fourth-order valence-corrected chi connectivity index (χ4v) is 3.36. The molecule has 0 aliphatic rings. The minimum atomic E-state index is -4.87. The zero-order valence-corrected chi connectivity index (χ0v) is 19.1. The number of hydrogen-bond donors (Lipinski definition) is 1. The topological polar surface area (TPSA) is 80.8 Å². The van der Waals surface area contributed by atoms with E-state index < -0.39 is 23.8 Å². The second kappa shape index (κ2) is 10.7. The van der Waals surface area contributed by atoms with Gasteiger partial charge in [-0.05, 0) is 51.5 Å². The Balaban J connectivity index is 1.79. The Hall–Kier alpha value is -2.82. The summed E-state index contributed by atoms with van der Waals surface area (Å²) in [7, 11) is 1.11. The maximum atomic E-state index is 12.3. The molecule has 0 radical (unpaired) electrons. The minimum absolute atomic E-state index is 0.0599. The van der Waals surface area contributed by atoms with Gasteiger partial charge in [-0.1, -0.05) is 0 Å². The summed E-state index contributed by atoms with van der Waals surface area (Å²) in [5.41, 5.74) is 0.296. The van der Waals surface area contributed by atoms with Gasteiger partial charge in [0.25, 0.3) is 0 Å². The third kappa shape index (κ3) is 8.37. The number of nitrogens with zero attached hydrogens (tertiary/aromatic N) is 2. The SMILES string of the molecule is CN(CCCOc1ccc(-c2ncc(CNC(=O)OC(C)(C)C)s2)cc1)C(=O)C(F)(F)F. The molecule has 0 saturated carbocycles. The molecule has 2 aromatic rings. The maximum Gasteiger partial charge on any atom is 0.471 e. The lowest BCUT2D eigenvalue weighted by Crippen LogP contribution is -2.39. The smallest absolute Gasteiger partial charge is 0.471 e. The summed E-state index contributed by atoms with van der Waals surface area (Å²) in [4.78, 5) is 28.6. The van der Waals surface area contributed by atoms with E-state index in [2.05, 4.69) is 10.3 Å². The summed E-state index contributed by atoms with van der Waals surface area (Å²) in [6.45, 7) is 5.79. The lowest BCUT2D eigenvalue weighted by atomic mass is 10.2. The molecule has 1 aromatic heterocycles. The number of alkyl carbamates (subject to hydrolysis) is 1. The Labute approximate surface area is 188 Å². The van der Waals surface area contributed by atoms with Crippen LogP contribution in [0.5, 0.6) is 5.75 Å². The van der Waals surface area contributed by atoms with E-state index in [1.165, 1.54) is 11.3 Å². The van der Waals surface area contributed by atoms with Crippen LogP contribution in [0.2, 0.25) is 0 Å². The number of nitrogens with one attached hydrogen (secondary N) is 1. The monoisotopic (exact) mass is 473 g/mol. The molecule has 1 N–H and O–H groups in total. The number of alkyl halides is 3. The molecule has 0 atom stereocenters. The van der Waals surface area contributed by atoms with Crippen molar-refractivity contribution in [3.63, 3.8) is 0 Å². The fourth-order valence-electron chi connectivity index (χ4n) is 2.50. The summed E-state index contributed by atoms with van der Waals surface area (Å²) in [6.07, 6.45) is -3.42. The molecule has 176 valence electrons. The van der Waals surface area contributed by atoms with E-state index in [9.17, 15) is 22.8 Å². The van der Waals surface area contributed by atoms with Gasteiger partial charge in [-0.15, -0.1) is 11.3 Å². The van der Waals surface area contributed by atoms with Crippen LogP contribution in [0.15, 0.2) is 30.5 Å². The molecule has 32 heavy (non-hydrogen) atoms. The number of hydrogen-bond acceptors (Lipinski definition) is 6. The van der Waals surface area contributed by atoms with Crippen LogP contribution in [0.3, 0.4) is 0 Å². The van der Waals surface area contributed by atoms with E-state index in [0.29, 0.717) is 17.2 Å². The van der Waals surface area contributed by atoms with E-state index in [-0.39, 0.29) is 19.6 Å². The second-order valence-corrected chi connectivity index (χ2v) is 9.05. The van der Waals surface area contributed by atoms with E-state index in [4.69, 9.17) is 9.47 Å². The lowest BCUT2D eigenvalue weighted by Gasteiger charge is -2.19. The maximum absolute atomic E-state index is 12.3. The van der Waals surface area contributed by atoms with Gasteiger partial charge in [0.05, 0.1) is 13.2 Å². The summed E-state index contributed by atoms with van der Waals surface area (Å²) in [5, 5.41) is 3.45. The van der Waals surface area contributed by atoms with Gasteiger partial charge in [0.2, 0.25) is 0 Å². The highest BCUT2D eigenvalue weighted by molar-refractivity contribution is 7.15. The zero-order chi connectivity index (χ0) is 23.9. The predicted molar refractivity (Wildman–Crippen MR) is 114 cm³/mol. The number of halogens is 3. The molecule has 0 bridgehead atoms.